The lowest BCUT2D eigenvalue weighted by atomic mass is 9.92. The quantitative estimate of drug-likeness (QED) is 0.150. The Bertz CT molecular complexity index is 3300. The number of benzene rings is 10. The maximum absolute atomic E-state index is 2.43. The van der Waals surface area contributed by atoms with E-state index < -0.39 is 0 Å². The van der Waals surface area contributed by atoms with Crippen LogP contribution in [0.3, 0.4) is 0 Å². The lowest BCUT2D eigenvalue weighted by Gasteiger charge is -2.28. The Balaban J connectivity index is 1.18. The van der Waals surface area contributed by atoms with Crippen molar-refractivity contribution in [3.63, 3.8) is 0 Å². The highest BCUT2D eigenvalue weighted by Gasteiger charge is 2.21. The minimum absolute atomic E-state index is 1.08. The summed E-state index contributed by atoms with van der Waals surface area (Å²) in [6, 6.07) is 88.1. The third-order valence-corrected chi connectivity index (χ3v) is 11.8. The zero-order valence-corrected chi connectivity index (χ0v) is 33.0. The second kappa shape index (κ2) is 15.1. The van der Waals surface area contributed by atoms with Gasteiger partial charge in [-0.15, -0.1) is 0 Å². The molecule has 0 radical (unpaired) electrons. The van der Waals surface area contributed by atoms with Crippen LogP contribution < -0.4 is 4.90 Å². The molecule has 0 atom stereocenters. The molecule has 0 amide bonds. The number of rotatable bonds is 8. The second-order valence-corrected chi connectivity index (χ2v) is 15.3. The first kappa shape index (κ1) is 35.2. The third kappa shape index (κ3) is 6.32. The van der Waals surface area contributed by atoms with E-state index in [-0.39, 0.29) is 0 Å². The fraction of sp³-hybridized carbons (Fsp3) is 0. The smallest absolute Gasteiger partial charge is 0.0561 e. The van der Waals surface area contributed by atoms with Crippen molar-refractivity contribution >= 4 is 49.6 Å². The second-order valence-electron chi connectivity index (χ2n) is 15.3. The van der Waals surface area contributed by atoms with E-state index in [4.69, 9.17) is 0 Å². The van der Waals surface area contributed by atoms with Gasteiger partial charge >= 0.3 is 0 Å². The van der Waals surface area contributed by atoms with Crippen LogP contribution in [0.2, 0.25) is 0 Å². The van der Waals surface area contributed by atoms with Gasteiger partial charge in [-0.1, -0.05) is 182 Å². The van der Waals surface area contributed by atoms with Crippen molar-refractivity contribution in [2.45, 2.75) is 0 Å². The SMILES string of the molecule is c1ccc(-c2ccc(N(c3ccc(-c4ccc5ccccc5c4)c(-c4ccccc4)c3)c3ccc4c5ccccc5n(-c5ccccc5)c4c3)cc2-c2ccccc2)cc1. The van der Waals surface area contributed by atoms with Crippen LogP contribution in [0.5, 0.6) is 0 Å². The van der Waals surface area contributed by atoms with Gasteiger partial charge in [0.1, 0.15) is 0 Å². The molecule has 0 bridgehead atoms. The van der Waals surface area contributed by atoms with Gasteiger partial charge in [0.05, 0.1) is 11.0 Å². The van der Waals surface area contributed by atoms with Gasteiger partial charge in [0.25, 0.3) is 0 Å². The number of para-hydroxylation sites is 2. The highest BCUT2D eigenvalue weighted by Crippen LogP contribution is 2.45. The van der Waals surface area contributed by atoms with Gasteiger partial charge in [-0.3, -0.25) is 0 Å². The van der Waals surface area contributed by atoms with E-state index in [2.05, 4.69) is 252 Å². The van der Waals surface area contributed by atoms with Crippen LogP contribution in [0.4, 0.5) is 17.1 Å². The van der Waals surface area contributed by atoms with Crippen molar-refractivity contribution < 1.29 is 0 Å². The van der Waals surface area contributed by atoms with Crippen molar-refractivity contribution in [2.75, 3.05) is 4.90 Å². The summed E-state index contributed by atoms with van der Waals surface area (Å²) in [5.41, 5.74) is 16.2. The van der Waals surface area contributed by atoms with Gasteiger partial charge < -0.3 is 9.47 Å². The van der Waals surface area contributed by atoms with E-state index in [1.165, 1.54) is 71.6 Å². The summed E-state index contributed by atoms with van der Waals surface area (Å²) in [4.78, 5) is 2.43. The molecular weight excluding hydrogens is 725 g/mol. The van der Waals surface area contributed by atoms with Crippen molar-refractivity contribution in [1.82, 2.24) is 4.57 Å². The number of nitrogens with zero attached hydrogens (tertiary/aromatic N) is 2. The van der Waals surface area contributed by atoms with Crippen molar-refractivity contribution in [3.8, 4) is 50.2 Å². The molecule has 10 aromatic carbocycles. The molecule has 0 aliphatic carbocycles. The highest BCUT2D eigenvalue weighted by molar-refractivity contribution is 6.10. The van der Waals surface area contributed by atoms with Crippen LogP contribution in [0.1, 0.15) is 0 Å². The summed E-state index contributed by atoms with van der Waals surface area (Å²) in [6.07, 6.45) is 0. The van der Waals surface area contributed by atoms with Crippen LogP contribution in [-0.4, -0.2) is 4.57 Å². The summed E-state index contributed by atoms with van der Waals surface area (Å²) < 4.78 is 2.40. The summed E-state index contributed by atoms with van der Waals surface area (Å²) in [6.45, 7) is 0. The number of hydrogen-bond donors (Lipinski definition) is 0. The van der Waals surface area contributed by atoms with E-state index in [0.717, 1.165) is 28.3 Å². The van der Waals surface area contributed by atoms with Crippen LogP contribution in [0, 0.1) is 0 Å². The molecule has 1 heterocycles. The van der Waals surface area contributed by atoms with Gasteiger partial charge in [0, 0.05) is 33.5 Å². The van der Waals surface area contributed by atoms with Crippen LogP contribution in [0.15, 0.2) is 243 Å². The Morgan fingerprint density at radius 1 is 0.267 bits per heavy atom. The van der Waals surface area contributed by atoms with Crippen molar-refractivity contribution in [3.05, 3.63) is 243 Å². The van der Waals surface area contributed by atoms with E-state index in [1.807, 2.05) is 0 Å². The average molecular weight is 765 g/mol. The molecule has 0 N–H and O–H groups in total. The Kier molecular flexibility index (Phi) is 8.87. The Morgan fingerprint density at radius 2 is 0.733 bits per heavy atom. The number of fused-ring (bicyclic) bond motifs is 4. The Labute approximate surface area is 350 Å². The maximum atomic E-state index is 2.43. The molecule has 1 aromatic heterocycles. The lowest BCUT2D eigenvalue weighted by Crippen LogP contribution is -2.11. The summed E-state index contributed by atoms with van der Waals surface area (Å²) in [5.74, 6) is 0. The van der Waals surface area contributed by atoms with Gasteiger partial charge in [0.2, 0.25) is 0 Å². The van der Waals surface area contributed by atoms with E-state index in [9.17, 15) is 0 Å². The Hall–Kier alpha value is -7.94. The molecule has 2 nitrogen and oxygen atoms in total. The standard InChI is InChI=1S/C58H40N2/c1-5-18-42(19-6-1)51-34-31-48(38-55(51)43-20-7-2-8-21-43)59(50-33-36-54-53-27-15-16-28-57(53)60(58(54)40-50)47-25-11-4-12-26-47)49-32-35-52(56(39-49)44-22-9-3-10-23-44)46-30-29-41-17-13-14-24-45(41)37-46/h1-40H. The third-order valence-electron chi connectivity index (χ3n) is 11.8. The predicted molar refractivity (Wildman–Crippen MR) is 255 cm³/mol. The minimum Gasteiger partial charge on any atom is -0.310 e. The molecule has 0 fully saturated rings. The zero-order valence-electron chi connectivity index (χ0n) is 33.0. The van der Waals surface area contributed by atoms with E-state index in [1.54, 1.807) is 0 Å². The fourth-order valence-corrected chi connectivity index (χ4v) is 8.93. The number of aromatic nitrogens is 1. The fourth-order valence-electron chi connectivity index (χ4n) is 8.93. The molecule has 0 aliphatic rings. The molecular formula is C58H40N2. The van der Waals surface area contributed by atoms with Gasteiger partial charge in [-0.2, -0.15) is 0 Å². The minimum atomic E-state index is 1.08. The summed E-state index contributed by atoms with van der Waals surface area (Å²) >= 11 is 0. The predicted octanol–water partition coefficient (Wildman–Crippen LogP) is 16.1. The summed E-state index contributed by atoms with van der Waals surface area (Å²) in [5, 5.41) is 4.92. The zero-order chi connectivity index (χ0) is 39.8. The molecule has 282 valence electrons. The van der Waals surface area contributed by atoms with Crippen LogP contribution in [0.25, 0.3) is 82.8 Å². The van der Waals surface area contributed by atoms with Gasteiger partial charge in [0.15, 0.2) is 0 Å². The molecule has 11 aromatic rings. The largest absolute Gasteiger partial charge is 0.310 e. The van der Waals surface area contributed by atoms with Crippen molar-refractivity contribution in [2.24, 2.45) is 0 Å². The number of hydrogen-bond acceptors (Lipinski definition) is 1. The first-order chi connectivity index (χ1) is 29.8. The first-order valence-corrected chi connectivity index (χ1v) is 20.6. The normalized spacial score (nSPS) is 11.3. The summed E-state index contributed by atoms with van der Waals surface area (Å²) in [7, 11) is 0. The average Bonchev–Trinajstić information content (AvgIpc) is 3.66. The highest BCUT2D eigenvalue weighted by atomic mass is 15.1. The molecule has 0 aliphatic heterocycles. The molecule has 11 rings (SSSR count). The molecule has 0 saturated carbocycles. The van der Waals surface area contributed by atoms with Crippen LogP contribution >= 0.6 is 0 Å². The molecule has 60 heavy (non-hydrogen) atoms. The van der Waals surface area contributed by atoms with Gasteiger partial charge in [-0.25, -0.2) is 0 Å². The van der Waals surface area contributed by atoms with E-state index >= 15 is 0 Å². The van der Waals surface area contributed by atoms with Gasteiger partial charge in [-0.05, 0) is 116 Å². The van der Waals surface area contributed by atoms with E-state index in [0.29, 0.717) is 0 Å². The lowest BCUT2D eigenvalue weighted by molar-refractivity contribution is 1.18. The molecule has 2 heteroatoms. The number of anilines is 3. The van der Waals surface area contributed by atoms with Crippen LogP contribution in [-0.2, 0) is 0 Å². The molecule has 0 unspecified atom stereocenters. The topological polar surface area (TPSA) is 8.17 Å². The molecule has 0 spiro atoms. The molecule has 0 saturated heterocycles. The Morgan fingerprint density at radius 3 is 1.37 bits per heavy atom. The van der Waals surface area contributed by atoms with Crippen molar-refractivity contribution in [1.29, 1.82) is 0 Å². The monoisotopic (exact) mass is 764 g/mol. The first-order valence-electron chi connectivity index (χ1n) is 20.6. The maximum Gasteiger partial charge on any atom is 0.0561 e.